The van der Waals surface area contributed by atoms with E-state index in [2.05, 4.69) is 24.4 Å². The van der Waals surface area contributed by atoms with Crippen molar-refractivity contribution in [3.8, 4) is 0 Å². The smallest absolute Gasteiger partial charge is 0.255 e. The zero-order valence-electron chi connectivity index (χ0n) is 12.7. The normalized spacial score (nSPS) is 13.6. The molecule has 1 N–H and O–H groups in total. The molecule has 0 saturated heterocycles. The first-order valence-corrected chi connectivity index (χ1v) is 7.65. The molecule has 0 aromatic heterocycles. The Morgan fingerprint density at radius 2 is 1.76 bits per heavy atom. The molecule has 2 heteroatoms. The Bertz CT molecular complexity index is 688. The molecule has 0 atom stereocenters. The molecule has 0 heterocycles. The predicted octanol–water partition coefficient (Wildman–Crippen LogP) is 4.43. The second-order valence-electron chi connectivity index (χ2n) is 5.85. The van der Waals surface area contributed by atoms with Gasteiger partial charge in [0.2, 0.25) is 0 Å². The SMILES string of the molecule is Cc1cccc(NC(=O)c2cccc3c2CCCC3)c1C. The molecule has 0 bridgehead atoms. The van der Waals surface area contributed by atoms with Crippen LogP contribution in [0.1, 0.15) is 45.5 Å². The van der Waals surface area contributed by atoms with Gasteiger partial charge in [-0.1, -0.05) is 24.3 Å². The van der Waals surface area contributed by atoms with Crippen LogP contribution in [0.4, 0.5) is 5.69 Å². The van der Waals surface area contributed by atoms with Gasteiger partial charge in [0.1, 0.15) is 0 Å². The largest absolute Gasteiger partial charge is 0.322 e. The molecule has 1 amide bonds. The third kappa shape index (κ3) is 2.71. The Morgan fingerprint density at radius 3 is 2.62 bits per heavy atom. The first-order valence-electron chi connectivity index (χ1n) is 7.65. The van der Waals surface area contributed by atoms with E-state index in [1.165, 1.54) is 29.5 Å². The highest BCUT2D eigenvalue weighted by atomic mass is 16.1. The summed E-state index contributed by atoms with van der Waals surface area (Å²) in [4.78, 5) is 12.6. The lowest BCUT2D eigenvalue weighted by molar-refractivity contribution is 0.102. The van der Waals surface area contributed by atoms with Crippen LogP contribution in [0.2, 0.25) is 0 Å². The molecule has 1 aliphatic carbocycles. The highest BCUT2D eigenvalue weighted by molar-refractivity contribution is 6.06. The van der Waals surface area contributed by atoms with Gasteiger partial charge in [-0.2, -0.15) is 0 Å². The monoisotopic (exact) mass is 279 g/mol. The van der Waals surface area contributed by atoms with E-state index in [1.54, 1.807) is 0 Å². The lowest BCUT2D eigenvalue weighted by atomic mass is 9.88. The van der Waals surface area contributed by atoms with E-state index in [-0.39, 0.29) is 5.91 Å². The molecule has 0 radical (unpaired) electrons. The highest BCUT2D eigenvalue weighted by Gasteiger charge is 2.18. The van der Waals surface area contributed by atoms with Crippen molar-refractivity contribution in [3.63, 3.8) is 0 Å². The number of aryl methyl sites for hydroxylation is 2. The van der Waals surface area contributed by atoms with Crippen molar-refractivity contribution in [1.29, 1.82) is 0 Å². The lowest BCUT2D eigenvalue weighted by Crippen LogP contribution is -2.17. The summed E-state index contributed by atoms with van der Waals surface area (Å²) in [5.41, 5.74) is 6.67. The maximum absolute atomic E-state index is 12.6. The molecule has 1 aliphatic rings. The van der Waals surface area contributed by atoms with Crippen LogP contribution in [0, 0.1) is 13.8 Å². The quantitative estimate of drug-likeness (QED) is 0.865. The van der Waals surface area contributed by atoms with Crippen molar-refractivity contribution in [3.05, 3.63) is 64.2 Å². The molecule has 0 fully saturated rings. The van der Waals surface area contributed by atoms with Crippen LogP contribution in [0.15, 0.2) is 36.4 Å². The molecule has 0 unspecified atom stereocenters. The number of carbonyl (C=O) groups is 1. The van der Waals surface area contributed by atoms with E-state index < -0.39 is 0 Å². The Balaban J connectivity index is 1.91. The summed E-state index contributed by atoms with van der Waals surface area (Å²) in [5, 5.41) is 3.08. The van der Waals surface area contributed by atoms with E-state index in [4.69, 9.17) is 0 Å². The first kappa shape index (κ1) is 13.9. The molecule has 108 valence electrons. The highest BCUT2D eigenvalue weighted by Crippen LogP contribution is 2.26. The number of nitrogens with one attached hydrogen (secondary N) is 1. The fourth-order valence-electron chi connectivity index (χ4n) is 3.07. The molecular formula is C19H21NO. The molecule has 2 aromatic rings. The van der Waals surface area contributed by atoms with Crippen molar-refractivity contribution in [2.75, 3.05) is 5.32 Å². The minimum absolute atomic E-state index is 0.0162. The summed E-state index contributed by atoms with van der Waals surface area (Å²) in [6.07, 6.45) is 4.53. The average molecular weight is 279 g/mol. The van der Waals surface area contributed by atoms with Crippen LogP contribution in [0.5, 0.6) is 0 Å². The predicted molar refractivity (Wildman–Crippen MR) is 87.0 cm³/mol. The molecular weight excluding hydrogens is 258 g/mol. The van der Waals surface area contributed by atoms with E-state index in [1.807, 2.05) is 31.2 Å². The Morgan fingerprint density at radius 1 is 1.00 bits per heavy atom. The second kappa shape index (κ2) is 5.72. The van der Waals surface area contributed by atoms with Crippen molar-refractivity contribution in [2.24, 2.45) is 0 Å². The number of hydrogen-bond donors (Lipinski definition) is 1. The van der Waals surface area contributed by atoms with Crippen molar-refractivity contribution in [2.45, 2.75) is 39.5 Å². The van der Waals surface area contributed by atoms with Gasteiger partial charge in [-0.3, -0.25) is 4.79 Å². The van der Waals surface area contributed by atoms with Gasteiger partial charge in [0.15, 0.2) is 0 Å². The maximum Gasteiger partial charge on any atom is 0.255 e. The summed E-state index contributed by atoms with van der Waals surface area (Å²) in [6.45, 7) is 4.11. The first-order chi connectivity index (χ1) is 10.2. The van der Waals surface area contributed by atoms with Crippen molar-refractivity contribution >= 4 is 11.6 Å². The number of fused-ring (bicyclic) bond motifs is 1. The van der Waals surface area contributed by atoms with Crippen LogP contribution >= 0.6 is 0 Å². The minimum Gasteiger partial charge on any atom is -0.322 e. The average Bonchev–Trinajstić information content (AvgIpc) is 2.51. The summed E-state index contributed by atoms with van der Waals surface area (Å²) >= 11 is 0. The summed E-state index contributed by atoms with van der Waals surface area (Å²) in [5.74, 6) is 0.0162. The second-order valence-corrected chi connectivity index (χ2v) is 5.85. The number of carbonyl (C=O) groups excluding carboxylic acids is 1. The van der Waals surface area contributed by atoms with Gasteiger partial charge in [-0.05, 0) is 73.9 Å². The molecule has 2 aromatic carbocycles. The van der Waals surface area contributed by atoms with Crippen LogP contribution in [-0.4, -0.2) is 5.91 Å². The summed E-state index contributed by atoms with van der Waals surface area (Å²) in [6, 6.07) is 12.1. The number of rotatable bonds is 2. The van der Waals surface area contributed by atoms with Crippen LogP contribution < -0.4 is 5.32 Å². The van der Waals surface area contributed by atoms with E-state index in [0.29, 0.717) is 0 Å². The van der Waals surface area contributed by atoms with Crippen molar-refractivity contribution in [1.82, 2.24) is 0 Å². The van der Waals surface area contributed by atoms with Crippen LogP contribution in [0.25, 0.3) is 0 Å². The molecule has 0 spiro atoms. The minimum atomic E-state index is 0.0162. The molecule has 3 rings (SSSR count). The number of hydrogen-bond acceptors (Lipinski definition) is 1. The van der Waals surface area contributed by atoms with Gasteiger partial charge < -0.3 is 5.32 Å². The Kier molecular flexibility index (Phi) is 3.78. The number of benzene rings is 2. The molecule has 2 nitrogen and oxygen atoms in total. The number of amides is 1. The van der Waals surface area contributed by atoms with Crippen molar-refractivity contribution < 1.29 is 4.79 Å². The fourth-order valence-corrected chi connectivity index (χ4v) is 3.07. The van der Waals surface area contributed by atoms with Gasteiger partial charge in [0, 0.05) is 11.3 Å². The lowest BCUT2D eigenvalue weighted by Gasteiger charge is -2.19. The maximum atomic E-state index is 12.6. The van der Waals surface area contributed by atoms with Gasteiger partial charge in [0.05, 0.1) is 0 Å². The van der Waals surface area contributed by atoms with Crippen LogP contribution in [-0.2, 0) is 12.8 Å². The Hall–Kier alpha value is -2.09. The zero-order valence-corrected chi connectivity index (χ0v) is 12.7. The zero-order chi connectivity index (χ0) is 14.8. The van der Waals surface area contributed by atoms with Gasteiger partial charge >= 0.3 is 0 Å². The molecule has 21 heavy (non-hydrogen) atoms. The van der Waals surface area contributed by atoms with E-state index in [0.717, 1.165) is 29.7 Å². The topological polar surface area (TPSA) is 29.1 Å². The standard InChI is InChI=1S/C19H21NO/c1-13-7-5-12-18(14(13)2)20-19(21)17-11-6-9-15-8-3-4-10-16(15)17/h5-7,9,11-12H,3-4,8,10H2,1-2H3,(H,20,21). The van der Waals surface area contributed by atoms with Gasteiger partial charge in [-0.25, -0.2) is 0 Å². The third-order valence-corrected chi connectivity index (χ3v) is 4.49. The molecule has 0 saturated carbocycles. The fraction of sp³-hybridized carbons (Fsp3) is 0.316. The third-order valence-electron chi connectivity index (χ3n) is 4.49. The summed E-state index contributed by atoms with van der Waals surface area (Å²) < 4.78 is 0. The number of anilines is 1. The van der Waals surface area contributed by atoms with E-state index >= 15 is 0 Å². The Labute approximate surface area is 126 Å². The molecule has 0 aliphatic heterocycles. The van der Waals surface area contributed by atoms with Gasteiger partial charge in [0.25, 0.3) is 5.91 Å². The van der Waals surface area contributed by atoms with E-state index in [9.17, 15) is 4.79 Å². The van der Waals surface area contributed by atoms with Gasteiger partial charge in [-0.15, -0.1) is 0 Å². The van der Waals surface area contributed by atoms with Crippen LogP contribution in [0.3, 0.4) is 0 Å². The summed E-state index contributed by atoms with van der Waals surface area (Å²) in [7, 11) is 0.